The molecule has 0 amide bonds. The summed E-state index contributed by atoms with van der Waals surface area (Å²) in [6.45, 7) is 0. The summed E-state index contributed by atoms with van der Waals surface area (Å²) in [6.07, 6.45) is 3.49. The van der Waals surface area contributed by atoms with Crippen LogP contribution in [0.3, 0.4) is 0 Å². The van der Waals surface area contributed by atoms with Crippen LogP contribution in [0.15, 0.2) is 41.3 Å². The number of aryl methyl sites for hydroxylation is 1. The largest absolute Gasteiger partial charge is 0.462 e. The van der Waals surface area contributed by atoms with Crippen molar-refractivity contribution >= 4 is 32.6 Å². The van der Waals surface area contributed by atoms with E-state index in [4.69, 9.17) is 4.42 Å². The summed E-state index contributed by atoms with van der Waals surface area (Å²) in [5.41, 5.74) is 3.10. The van der Waals surface area contributed by atoms with Crippen molar-refractivity contribution in [3.8, 4) is 10.8 Å². The first-order chi connectivity index (χ1) is 8.83. The van der Waals surface area contributed by atoms with Crippen molar-refractivity contribution in [1.82, 2.24) is 14.5 Å². The molecule has 88 valence electrons. The highest BCUT2D eigenvalue weighted by molar-refractivity contribution is 7.22. The molecule has 3 heterocycles. The normalized spacial score (nSPS) is 11.6. The van der Waals surface area contributed by atoms with E-state index in [1.54, 1.807) is 17.6 Å². The monoisotopic (exact) mass is 255 g/mol. The van der Waals surface area contributed by atoms with Gasteiger partial charge in [0.1, 0.15) is 5.52 Å². The van der Waals surface area contributed by atoms with Gasteiger partial charge in [-0.05, 0) is 24.3 Å². The van der Waals surface area contributed by atoms with Crippen LogP contribution in [-0.2, 0) is 7.05 Å². The van der Waals surface area contributed by atoms with Crippen LogP contribution in [-0.4, -0.2) is 14.5 Å². The predicted octanol–water partition coefficient (Wildman–Crippen LogP) is 3.44. The fraction of sp³-hybridized carbons (Fsp3) is 0.0769. The second kappa shape index (κ2) is 3.43. The van der Waals surface area contributed by atoms with E-state index in [9.17, 15) is 0 Å². The van der Waals surface area contributed by atoms with E-state index in [1.165, 1.54) is 0 Å². The topological polar surface area (TPSA) is 43.9 Å². The van der Waals surface area contributed by atoms with Crippen LogP contribution in [0, 0.1) is 0 Å². The van der Waals surface area contributed by atoms with Crippen LogP contribution in [0.5, 0.6) is 0 Å². The van der Waals surface area contributed by atoms with Crippen molar-refractivity contribution in [2.45, 2.75) is 0 Å². The quantitative estimate of drug-likeness (QED) is 0.523. The molecule has 0 saturated carbocycles. The lowest BCUT2D eigenvalue weighted by molar-refractivity contribution is 0.582. The third kappa shape index (κ3) is 1.25. The Morgan fingerprint density at radius 3 is 3.06 bits per heavy atom. The molecule has 0 radical (unpaired) electrons. The first-order valence-corrected chi connectivity index (χ1v) is 6.39. The molecule has 4 rings (SSSR count). The van der Waals surface area contributed by atoms with Gasteiger partial charge in [-0.3, -0.25) is 0 Å². The molecule has 3 aromatic heterocycles. The highest BCUT2D eigenvalue weighted by Gasteiger charge is 2.12. The van der Waals surface area contributed by atoms with Gasteiger partial charge in [0.25, 0.3) is 0 Å². The molecule has 0 spiro atoms. The average Bonchev–Trinajstić information content (AvgIpc) is 3.05. The van der Waals surface area contributed by atoms with Gasteiger partial charge >= 0.3 is 0 Å². The first-order valence-electron chi connectivity index (χ1n) is 5.57. The van der Waals surface area contributed by atoms with Crippen molar-refractivity contribution in [2.75, 3.05) is 0 Å². The Labute approximate surface area is 107 Å². The maximum atomic E-state index is 5.39. The van der Waals surface area contributed by atoms with Crippen molar-refractivity contribution in [3.63, 3.8) is 0 Å². The van der Waals surface area contributed by atoms with Crippen LogP contribution >= 0.6 is 11.3 Å². The minimum Gasteiger partial charge on any atom is -0.462 e. The summed E-state index contributed by atoms with van der Waals surface area (Å²) in [7, 11) is 2.00. The van der Waals surface area contributed by atoms with Gasteiger partial charge in [-0.15, -0.1) is 11.3 Å². The minimum atomic E-state index is 0.806. The maximum Gasteiger partial charge on any atom is 0.162 e. The number of rotatable bonds is 1. The summed E-state index contributed by atoms with van der Waals surface area (Å²) in [5, 5.41) is 0.896. The zero-order chi connectivity index (χ0) is 12.1. The smallest absolute Gasteiger partial charge is 0.162 e. The molecule has 4 nitrogen and oxygen atoms in total. The number of fused-ring (bicyclic) bond motifs is 3. The van der Waals surface area contributed by atoms with Crippen molar-refractivity contribution in [3.05, 3.63) is 36.9 Å². The molecule has 0 aliphatic rings. The fourth-order valence-electron chi connectivity index (χ4n) is 2.09. The molecule has 0 bridgehead atoms. The maximum absolute atomic E-state index is 5.39. The van der Waals surface area contributed by atoms with E-state index < -0.39 is 0 Å². The molecule has 18 heavy (non-hydrogen) atoms. The first kappa shape index (κ1) is 9.85. The lowest BCUT2D eigenvalue weighted by Crippen LogP contribution is -1.82. The third-order valence-corrected chi connectivity index (χ3v) is 4.07. The SMILES string of the molecule is Cn1cnc2c3sc(-c4ccco4)nc3ccc21. The molecule has 0 aliphatic heterocycles. The minimum absolute atomic E-state index is 0.806. The molecule has 4 aromatic rings. The van der Waals surface area contributed by atoms with Crippen LogP contribution in [0.4, 0.5) is 0 Å². The van der Waals surface area contributed by atoms with E-state index in [2.05, 4.69) is 16.0 Å². The Morgan fingerprint density at radius 1 is 1.28 bits per heavy atom. The standard InChI is InChI=1S/C13H9N3OS/c1-16-7-14-11-9(16)5-4-8-12(11)18-13(15-8)10-3-2-6-17-10/h2-7H,1H3. The summed E-state index contributed by atoms with van der Waals surface area (Å²) >= 11 is 1.62. The number of nitrogens with zero attached hydrogens (tertiary/aromatic N) is 3. The Morgan fingerprint density at radius 2 is 2.22 bits per heavy atom. The Balaban J connectivity index is 2.08. The number of aromatic nitrogens is 3. The van der Waals surface area contributed by atoms with Crippen LogP contribution in [0.25, 0.3) is 32.0 Å². The van der Waals surface area contributed by atoms with E-state index >= 15 is 0 Å². The van der Waals surface area contributed by atoms with Gasteiger partial charge in [0.2, 0.25) is 0 Å². The molecule has 0 unspecified atom stereocenters. The van der Waals surface area contributed by atoms with Crippen LogP contribution < -0.4 is 0 Å². The summed E-state index contributed by atoms with van der Waals surface area (Å²) in [5.74, 6) is 0.806. The van der Waals surface area contributed by atoms with Gasteiger partial charge in [0.15, 0.2) is 10.8 Å². The highest BCUT2D eigenvalue weighted by atomic mass is 32.1. The van der Waals surface area contributed by atoms with E-state index in [0.29, 0.717) is 0 Å². The van der Waals surface area contributed by atoms with Gasteiger partial charge in [0.05, 0.1) is 28.3 Å². The number of hydrogen-bond acceptors (Lipinski definition) is 4. The second-order valence-corrected chi connectivity index (χ2v) is 5.13. The van der Waals surface area contributed by atoms with Gasteiger partial charge < -0.3 is 8.98 Å². The third-order valence-electron chi connectivity index (χ3n) is 2.98. The van der Waals surface area contributed by atoms with Gasteiger partial charge in [-0.25, -0.2) is 9.97 Å². The zero-order valence-corrected chi connectivity index (χ0v) is 10.4. The van der Waals surface area contributed by atoms with E-state index in [1.807, 2.05) is 36.1 Å². The molecule has 0 atom stereocenters. The lowest BCUT2D eigenvalue weighted by atomic mass is 10.3. The van der Waals surface area contributed by atoms with Crippen LogP contribution in [0.1, 0.15) is 0 Å². The van der Waals surface area contributed by atoms with Crippen molar-refractivity contribution in [1.29, 1.82) is 0 Å². The fourth-order valence-corrected chi connectivity index (χ4v) is 3.12. The Hall–Kier alpha value is -2.14. The average molecular weight is 255 g/mol. The van der Waals surface area contributed by atoms with Gasteiger partial charge in [-0.1, -0.05) is 0 Å². The number of thiazole rings is 1. The second-order valence-electron chi connectivity index (χ2n) is 4.13. The molecule has 1 aromatic carbocycles. The molecular formula is C13H9N3OS. The van der Waals surface area contributed by atoms with Crippen molar-refractivity contribution < 1.29 is 4.42 Å². The molecule has 0 aliphatic carbocycles. The highest BCUT2D eigenvalue weighted by Crippen LogP contribution is 2.34. The Kier molecular flexibility index (Phi) is 1.87. The summed E-state index contributed by atoms with van der Waals surface area (Å²) < 4.78 is 8.51. The predicted molar refractivity (Wildman–Crippen MR) is 71.6 cm³/mol. The summed E-state index contributed by atoms with van der Waals surface area (Å²) in [4.78, 5) is 9.03. The summed E-state index contributed by atoms with van der Waals surface area (Å²) in [6, 6.07) is 7.88. The molecule has 0 N–H and O–H groups in total. The lowest BCUT2D eigenvalue weighted by Gasteiger charge is -1.93. The zero-order valence-electron chi connectivity index (χ0n) is 9.62. The number of furan rings is 1. The Bertz CT molecular complexity index is 842. The van der Waals surface area contributed by atoms with E-state index in [0.717, 1.165) is 32.0 Å². The number of hydrogen-bond donors (Lipinski definition) is 0. The van der Waals surface area contributed by atoms with Gasteiger partial charge in [-0.2, -0.15) is 0 Å². The van der Waals surface area contributed by atoms with Crippen molar-refractivity contribution in [2.24, 2.45) is 7.05 Å². The molecule has 0 fully saturated rings. The van der Waals surface area contributed by atoms with E-state index in [-0.39, 0.29) is 0 Å². The number of benzene rings is 1. The van der Waals surface area contributed by atoms with Crippen LogP contribution in [0.2, 0.25) is 0 Å². The molecule has 0 saturated heterocycles. The number of imidazole rings is 1. The molecule has 5 heteroatoms. The van der Waals surface area contributed by atoms with Gasteiger partial charge in [0, 0.05) is 7.05 Å². The molecular weight excluding hydrogens is 246 g/mol.